The van der Waals surface area contributed by atoms with Crippen molar-refractivity contribution in [3.8, 4) is 0 Å². The van der Waals surface area contributed by atoms with E-state index in [0.29, 0.717) is 29.1 Å². The minimum absolute atomic E-state index is 0.0285. The number of thioether (sulfide) groups is 1. The van der Waals surface area contributed by atoms with E-state index in [4.69, 9.17) is 4.42 Å². The van der Waals surface area contributed by atoms with E-state index < -0.39 is 0 Å². The van der Waals surface area contributed by atoms with Crippen molar-refractivity contribution in [2.45, 2.75) is 31.0 Å². The Balaban J connectivity index is 1.49. The van der Waals surface area contributed by atoms with Gasteiger partial charge in [0.05, 0.1) is 18.0 Å². The molecule has 0 saturated carbocycles. The number of nitrogens with one attached hydrogen (secondary N) is 1. The van der Waals surface area contributed by atoms with Crippen molar-refractivity contribution >= 4 is 17.5 Å². The maximum atomic E-state index is 11.9. The van der Waals surface area contributed by atoms with Crippen LogP contribution in [0.5, 0.6) is 0 Å². The molecule has 1 aliphatic rings. The smallest absolute Gasteiger partial charge is 0.277 e. The van der Waals surface area contributed by atoms with E-state index >= 15 is 0 Å². The minimum atomic E-state index is 0.0285. The van der Waals surface area contributed by atoms with Crippen molar-refractivity contribution in [3.05, 3.63) is 29.9 Å². The van der Waals surface area contributed by atoms with Gasteiger partial charge in [-0.2, -0.15) is 0 Å². The van der Waals surface area contributed by atoms with Gasteiger partial charge in [0.2, 0.25) is 5.89 Å². The van der Waals surface area contributed by atoms with Gasteiger partial charge in [0.15, 0.2) is 5.78 Å². The number of Topliss-reactive ketones (excluding diaryl/α,β-unsaturated/α-hetero) is 1. The summed E-state index contributed by atoms with van der Waals surface area (Å²) in [5, 5.41) is 8.50. The first kappa shape index (κ1) is 14.3. The van der Waals surface area contributed by atoms with Gasteiger partial charge >= 0.3 is 0 Å². The molecule has 2 aromatic rings. The second kappa shape index (κ2) is 6.91. The van der Waals surface area contributed by atoms with E-state index in [2.05, 4.69) is 20.1 Å². The number of aromatic nitrogens is 3. The van der Waals surface area contributed by atoms with Crippen LogP contribution >= 0.6 is 11.8 Å². The number of piperidine rings is 1. The number of nitrogens with zero attached hydrogens (tertiary/aromatic N) is 3. The number of rotatable bonds is 6. The average Bonchev–Trinajstić information content (AvgIpc) is 3.17. The van der Waals surface area contributed by atoms with Crippen molar-refractivity contribution in [1.29, 1.82) is 0 Å². The largest absolute Gasteiger partial charge is 0.415 e. The van der Waals surface area contributed by atoms with Crippen LogP contribution in [0.3, 0.4) is 0 Å². The van der Waals surface area contributed by atoms with Crippen LogP contribution in [-0.2, 0) is 6.54 Å². The topological polar surface area (TPSA) is 75.0 Å². The summed E-state index contributed by atoms with van der Waals surface area (Å²) in [6.45, 7) is 2.89. The maximum Gasteiger partial charge on any atom is 0.277 e. The molecule has 6 nitrogen and oxygen atoms in total. The SMILES string of the molecule is O=C(CSc1nnc(CN2CCCCC2)o1)c1ccc[nH]1. The molecule has 0 bridgehead atoms. The van der Waals surface area contributed by atoms with Crippen LogP contribution in [0.25, 0.3) is 0 Å². The van der Waals surface area contributed by atoms with Gasteiger partial charge in [0.25, 0.3) is 5.22 Å². The highest BCUT2D eigenvalue weighted by Gasteiger charge is 2.15. The van der Waals surface area contributed by atoms with Crippen molar-refractivity contribution in [2.75, 3.05) is 18.8 Å². The zero-order valence-electron chi connectivity index (χ0n) is 11.7. The Morgan fingerprint density at radius 3 is 2.95 bits per heavy atom. The molecule has 21 heavy (non-hydrogen) atoms. The van der Waals surface area contributed by atoms with E-state index in [-0.39, 0.29) is 5.78 Å². The van der Waals surface area contributed by atoms with E-state index in [1.807, 2.05) is 0 Å². The molecule has 1 N–H and O–H groups in total. The van der Waals surface area contributed by atoms with Crippen molar-refractivity contribution in [3.63, 3.8) is 0 Å². The summed E-state index contributed by atoms with van der Waals surface area (Å²) in [7, 11) is 0. The van der Waals surface area contributed by atoms with Gasteiger partial charge < -0.3 is 9.40 Å². The van der Waals surface area contributed by atoms with E-state index in [9.17, 15) is 4.79 Å². The summed E-state index contributed by atoms with van der Waals surface area (Å²) in [5.74, 6) is 0.957. The third-order valence-electron chi connectivity index (χ3n) is 3.48. The van der Waals surface area contributed by atoms with Gasteiger partial charge in [-0.1, -0.05) is 18.2 Å². The molecule has 0 amide bonds. The normalized spacial score (nSPS) is 16.2. The van der Waals surface area contributed by atoms with E-state index in [0.717, 1.165) is 13.1 Å². The first-order chi connectivity index (χ1) is 10.3. The molecule has 0 spiro atoms. The highest BCUT2D eigenvalue weighted by molar-refractivity contribution is 7.99. The second-order valence-corrected chi connectivity index (χ2v) is 6.02. The predicted molar refractivity (Wildman–Crippen MR) is 79.3 cm³/mol. The molecule has 3 heterocycles. The van der Waals surface area contributed by atoms with Crippen LogP contribution in [0.1, 0.15) is 35.6 Å². The van der Waals surface area contributed by atoms with Gasteiger partial charge in [0, 0.05) is 6.20 Å². The Bertz CT molecular complexity index is 576. The summed E-state index contributed by atoms with van der Waals surface area (Å²) in [6.07, 6.45) is 5.52. The van der Waals surface area contributed by atoms with Crippen LogP contribution in [0.4, 0.5) is 0 Å². The zero-order valence-corrected chi connectivity index (χ0v) is 12.6. The Morgan fingerprint density at radius 2 is 2.19 bits per heavy atom. The molecule has 0 atom stereocenters. The highest BCUT2D eigenvalue weighted by atomic mass is 32.2. The average molecular weight is 306 g/mol. The van der Waals surface area contributed by atoms with Gasteiger partial charge in [-0.3, -0.25) is 9.69 Å². The lowest BCUT2D eigenvalue weighted by molar-refractivity contribution is 0.101. The lowest BCUT2D eigenvalue weighted by Crippen LogP contribution is -2.29. The van der Waals surface area contributed by atoms with Gasteiger partial charge in [-0.15, -0.1) is 10.2 Å². The quantitative estimate of drug-likeness (QED) is 0.652. The maximum absolute atomic E-state index is 11.9. The second-order valence-electron chi connectivity index (χ2n) is 5.09. The summed E-state index contributed by atoms with van der Waals surface area (Å²) in [6, 6.07) is 3.57. The molecule has 1 saturated heterocycles. The van der Waals surface area contributed by atoms with Crippen molar-refractivity contribution in [2.24, 2.45) is 0 Å². The summed E-state index contributed by atoms with van der Waals surface area (Å²) < 4.78 is 5.59. The summed E-state index contributed by atoms with van der Waals surface area (Å²) in [4.78, 5) is 17.1. The molecule has 1 fully saturated rings. The van der Waals surface area contributed by atoms with Crippen LogP contribution in [-0.4, -0.2) is 44.7 Å². The molecule has 1 aliphatic heterocycles. The number of carbonyl (C=O) groups is 1. The molecular formula is C14H18N4O2S. The third-order valence-corrected chi connectivity index (χ3v) is 4.30. The van der Waals surface area contributed by atoms with Crippen molar-refractivity contribution < 1.29 is 9.21 Å². The van der Waals surface area contributed by atoms with E-state index in [1.165, 1.54) is 31.0 Å². The van der Waals surface area contributed by atoms with Crippen molar-refractivity contribution in [1.82, 2.24) is 20.1 Å². The van der Waals surface area contributed by atoms with Gasteiger partial charge in [-0.05, 0) is 38.1 Å². The lowest BCUT2D eigenvalue weighted by Gasteiger charge is -2.24. The molecule has 0 unspecified atom stereocenters. The monoisotopic (exact) mass is 306 g/mol. The third kappa shape index (κ3) is 3.95. The van der Waals surface area contributed by atoms with Gasteiger partial charge in [-0.25, -0.2) is 0 Å². The fraction of sp³-hybridized carbons (Fsp3) is 0.500. The standard InChI is InChI=1S/C14H18N4O2S/c19-12(11-5-4-6-15-11)10-21-14-17-16-13(20-14)9-18-7-2-1-3-8-18/h4-6,15H,1-3,7-10H2. The number of hydrogen-bond acceptors (Lipinski definition) is 6. The number of ketones is 1. The number of hydrogen-bond donors (Lipinski definition) is 1. The van der Waals surface area contributed by atoms with Crippen LogP contribution in [0.2, 0.25) is 0 Å². The number of carbonyl (C=O) groups excluding carboxylic acids is 1. The summed E-state index contributed by atoms with van der Waals surface area (Å²) >= 11 is 1.28. The molecule has 112 valence electrons. The minimum Gasteiger partial charge on any atom is -0.415 e. The van der Waals surface area contributed by atoms with Crippen LogP contribution in [0.15, 0.2) is 28.0 Å². The molecule has 0 radical (unpaired) electrons. The molecule has 2 aromatic heterocycles. The fourth-order valence-electron chi connectivity index (χ4n) is 2.38. The van der Waals surface area contributed by atoms with E-state index in [1.54, 1.807) is 18.3 Å². The highest BCUT2D eigenvalue weighted by Crippen LogP contribution is 2.19. The fourth-order valence-corrected chi connectivity index (χ4v) is 3.04. The number of aromatic amines is 1. The van der Waals surface area contributed by atoms with Crippen LogP contribution in [0, 0.1) is 0 Å². The Hall–Kier alpha value is -1.60. The predicted octanol–water partition coefficient (Wildman–Crippen LogP) is 2.36. The Morgan fingerprint density at radius 1 is 1.33 bits per heavy atom. The number of H-pyrrole nitrogens is 1. The molecule has 7 heteroatoms. The number of likely N-dealkylation sites (tertiary alicyclic amines) is 1. The zero-order chi connectivity index (χ0) is 14.5. The molecule has 0 aliphatic carbocycles. The summed E-state index contributed by atoms with van der Waals surface area (Å²) in [5.41, 5.74) is 0.607. The first-order valence-corrected chi connectivity index (χ1v) is 8.14. The first-order valence-electron chi connectivity index (χ1n) is 7.15. The van der Waals surface area contributed by atoms with Gasteiger partial charge in [0.1, 0.15) is 0 Å². The molecular weight excluding hydrogens is 288 g/mol. The Kier molecular flexibility index (Phi) is 4.72. The molecule has 0 aromatic carbocycles. The molecule has 3 rings (SSSR count). The lowest BCUT2D eigenvalue weighted by atomic mass is 10.1. The Labute approximate surface area is 127 Å². The van der Waals surface area contributed by atoms with Crippen LogP contribution < -0.4 is 0 Å².